The Labute approximate surface area is 180 Å². The monoisotopic (exact) mass is 418 g/mol. The molecule has 3 rings (SSSR count). The minimum Gasteiger partial charge on any atom is -0.483 e. The second-order valence-corrected chi connectivity index (χ2v) is 6.69. The lowest BCUT2D eigenvalue weighted by molar-refractivity contribution is -0.129. The number of carbonyl (C=O) groups excluding carboxylic acids is 2. The third-order valence-electron chi connectivity index (χ3n) is 4.12. The van der Waals surface area contributed by atoms with Crippen molar-refractivity contribution in [1.29, 1.82) is 0 Å². The molecule has 0 radical (unpaired) electrons. The molecule has 0 saturated heterocycles. The van der Waals surface area contributed by atoms with Crippen molar-refractivity contribution in [3.05, 3.63) is 89.4 Å². The van der Waals surface area contributed by atoms with Crippen LogP contribution < -0.4 is 14.9 Å². The maximum atomic E-state index is 11.9. The highest BCUT2D eigenvalue weighted by atomic mass is 16.5. The van der Waals surface area contributed by atoms with E-state index in [0.29, 0.717) is 17.3 Å². The molecule has 0 spiro atoms. The number of benzene rings is 2. The number of carbonyl (C=O) groups is 2. The molecule has 0 aliphatic carbocycles. The first-order valence-corrected chi connectivity index (χ1v) is 9.55. The van der Waals surface area contributed by atoms with Gasteiger partial charge in [-0.05, 0) is 73.5 Å². The van der Waals surface area contributed by atoms with Gasteiger partial charge in [0.1, 0.15) is 17.3 Å². The van der Waals surface area contributed by atoms with Crippen LogP contribution in [0.2, 0.25) is 0 Å². The molecule has 3 aromatic rings. The van der Waals surface area contributed by atoms with Crippen LogP contribution in [0.5, 0.6) is 11.5 Å². The fourth-order valence-corrected chi connectivity index (χ4v) is 2.62. The van der Waals surface area contributed by atoms with Crippen LogP contribution in [0.15, 0.2) is 76.5 Å². The second kappa shape index (κ2) is 10.6. The molecule has 0 fully saturated rings. The molecule has 2 aromatic carbocycles. The minimum atomic E-state index is -0.520. The Kier molecular flexibility index (Phi) is 7.37. The molecular weight excluding hydrogens is 396 g/mol. The summed E-state index contributed by atoms with van der Waals surface area (Å²) in [7, 11) is 0. The molecule has 1 heterocycles. The van der Waals surface area contributed by atoms with Gasteiger partial charge in [-0.3, -0.25) is 4.79 Å². The summed E-state index contributed by atoms with van der Waals surface area (Å²) < 4.78 is 15.8. The summed E-state index contributed by atoms with van der Waals surface area (Å²) in [5.41, 5.74) is 5.23. The summed E-state index contributed by atoms with van der Waals surface area (Å²) in [5.74, 6) is 0.718. The molecule has 0 unspecified atom stereocenters. The Balaban J connectivity index is 1.43. The van der Waals surface area contributed by atoms with E-state index in [2.05, 4.69) is 10.5 Å². The smallest absolute Gasteiger partial charge is 0.336 e. The van der Waals surface area contributed by atoms with Crippen molar-refractivity contribution >= 4 is 24.2 Å². The highest BCUT2D eigenvalue weighted by Crippen LogP contribution is 2.18. The number of hydrogen-bond donors (Lipinski definition) is 1. The van der Waals surface area contributed by atoms with Crippen molar-refractivity contribution in [1.82, 2.24) is 5.43 Å². The number of hydrogen-bond acceptors (Lipinski definition) is 6. The SMILES string of the molecule is Cc1ccc(OCC(=O)N/N=C/c2ccc(OC(=O)/C=C/c3ccco3)cc2)c(C)c1. The molecule has 7 nitrogen and oxygen atoms in total. The van der Waals surface area contributed by atoms with Gasteiger partial charge in [0.2, 0.25) is 0 Å². The van der Waals surface area contributed by atoms with Crippen LogP contribution in [0.3, 0.4) is 0 Å². The number of esters is 1. The highest BCUT2D eigenvalue weighted by molar-refractivity contribution is 5.88. The van der Waals surface area contributed by atoms with Gasteiger partial charge in [-0.25, -0.2) is 10.2 Å². The van der Waals surface area contributed by atoms with Crippen molar-refractivity contribution in [3.8, 4) is 11.5 Å². The molecular formula is C24H22N2O5. The van der Waals surface area contributed by atoms with E-state index < -0.39 is 5.97 Å². The van der Waals surface area contributed by atoms with Gasteiger partial charge in [0.25, 0.3) is 5.91 Å². The first-order valence-electron chi connectivity index (χ1n) is 9.55. The fourth-order valence-electron chi connectivity index (χ4n) is 2.62. The van der Waals surface area contributed by atoms with E-state index in [0.717, 1.165) is 16.7 Å². The molecule has 0 aliphatic rings. The number of rotatable bonds is 8. The van der Waals surface area contributed by atoms with Gasteiger partial charge >= 0.3 is 5.97 Å². The predicted molar refractivity (Wildman–Crippen MR) is 117 cm³/mol. The third-order valence-corrected chi connectivity index (χ3v) is 4.12. The predicted octanol–water partition coefficient (Wildman–Crippen LogP) is 4.04. The number of hydrazone groups is 1. The molecule has 0 saturated carbocycles. The molecule has 7 heteroatoms. The maximum Gasteiger partial charge on any atom is 0.336 e. The number of amides is 1. The van der Waals surface area contributed by atoms with E-state index in [1.807, 2.05) is 32.0 Å². The lowest BCUT2D eigenvalue weighted by Gasteiger charge is -2.08. The van der Waals surface area contributed by atoms with E-state index in [1.54, 1.807) is 36.4 Å². The van der Waals surface area contributed by atoms with Gasteiger partial charge in [-0.2, -0.15) is 5.10 Å². The Bertz CT molecular complexity index is 1080. The van der Waals surface area contributed by atoms with Gasteiger partial charge in [-0.1, -0.05) is 17.7 Å². The van der Waals surface area contributed by atoms with Crippen molar-refractivity contribution in [2.75, 3.05) is 6.61 Å². The lowest BCUT2D eigenvalue weighted by Crippen LogP contribution is -2.24. The normalized spacial score (nSPS) is 11.0. The number of nitrogens with one attached hydrogen (secondary N) is 1. The van der Waals surface area contributed by atoms with Gasteiger partial charge in [-0.15, -0.1) is 0 Å². The maximum absolute atomic E-state index is 11.9. The second-order valence-electron chi connectivity index (χ2n) is 6.69. The average Bonchev–Trinajstić information content (AvgIpc) is 3.27. The van der Waals surface area contributed by atoms with Gasteiger partial charge in [0.15, 0.2) is 6.61 Å². The first-order chi connectivity index (χ1) is 15.0. The fraction of sp³-hybridized carbons (Fsp3) is 0.125. The minimum absolute atomic E-state index is 0.137. The van der Waals surface area contributed by atoms with E-state index in [1.165, 1.54) is 24.6 Å². The Morgan fingerprint density at radius 1 is 1.10 bits per heavy atom. The van der Waals surface area contributed by atoms with Gasteiger partial charge in [0, 0.05) is 6.08 Å². The summed E-state index contributed by atoms with van der Waals surface area (Å²) in [4.78, 5) is 23.7. The molecule has 0 atom stereocenters. The number of nitrogens with zero attached hydrogens (tertiary/aromatic N) is 1. The van der Waals surface area contributed by atoms with Crippen LogP contribution in [0.1, 0.15) is 22.5 Å². The summed E-state index contributed by atoms with van der Waals surface area (Å²) in [6.45, 7) is 3.78. The molecule has 1 aromatic heterocycles. The van der Waals surface area contributed by atoms with Crippen LogP contribution in [0, 0.1) is 13.8 Å². The van der Waals surface area contributed by atoms with Crippen molar-refractivity contribution in [2.45, 2.75) is 13.8 Å². The number of ether oxygens (including phenoxy) is 2. The summed E-state index contributed by atoms with van der Waals surface area (Å²) in [6.07, 6.45) is 5.81. The molecule has 31 heavy (non-hydrogen) atoms. The van der Waals surface area contributed by atoms with E-state index >= 15 is 0 Å². The zero-order valence-electron chi connectivity index (χ0n) is 17.2. The third kappa shape index (κ3) is 7.01. The van der Waals surface area contributed by atoms with Crippen LogP contribution in [-0.2, 0) is 9.59 Å². The van der Waals surface area contributed by atoms with E-state index in [9.17, 15) is 9.59 Å². The molecule has 1 amide bonds. The van der Waals surface area contributed by atoms with Gasteiger partial charge in [0.05, 0.1) is 12.5 Å². The van der Waals surface area contributed by atoms with E-state index in [4.69, 9.17) is 13.9 Å². The van der Waals surface area contributed by atoms with Crippen molar-refractivity contribution in [2.24, 2.45) is 5.10 Å². The number of furan rings is 1. The van der Waals surface area contributed by atoms with E-state index in [-0.39, 0.29) is 12.5 Å². The molecule has 158 valence electrons. The summed E-state index contributed by atoms with van der Waals surface area (Å²) >= 11 is 0. The zero-order chi connectivity index (χ0) is 22.1. The zero-order valence-corrected chi connectivity index (χ0v) is 17.2. The van der Waals surface area contributed by atoms with Gasteiger partial charge < -0.3 is 13.9 Å². The molecule has 1 N–H and O–H groups in total. The highest BCUT2D eigenvalue weighted by Gasteiger charge is 2.04. The lowest BCUT2D eigenvalue weighted by atomic mass is 10.1. The van der Waals surface area contributed by atoms with Crippen molar-refractivity contribution < 1.29 is 23.5 Å². The largest absolute Gasteiger partial charge is 0.483 e. The number of aryl methyl sites for hydroxylation is 2. The first kappa shape index (κ1) is 21.6. The summed E-state index contributed by atoms with van der Waals surface area (Å²) in [6, 6.07) is 15.9. The molecule has 0 bridgehead atoms. The molecule has 0 aliphatic heterocycles. The average molecular weight is 418 g/mol. The topological polar surface area (TPSA) is 90.1 Å². The van der Waals surface area contributed by atoms with Crippen LogP contribution >= 0.6 is 0 Å². The standard InChI is InChI=1S/C24H22N2O5/c1-17-5-11-22(18(2)14-17)30-16-23(27)26-25-15-19-6-8-21(9-7-19)31-24(28)12-10-20-4-3-13-29-20/h3-15H,16H2,1-2H3,(H,26,27)/b12-10+,25-15+. The van der Waals surface area contributed by atoms with Crippen LogP contribution in [-0.4, -0.2) is 24.7 Å². The van der Waals surface area contributed by atoms with Crippen molar-refractivity contribution in [3.63, 3.8) is 0 Å². The Morgan fingerprint density at radius 3 is 2.61 bits per heavy atom. The Hall–Kier alpha value is -4.13. The van der Waals surface area contributed by atoms with Crippen LogP contribution in [0.4, 0.5) is 0 Å². The Morgan fingerprint density at radius 2 is 1.90 bits per heavy atom. The van der Waals surface area contributed by atoms with Crippen LogP contribution in [0.25, 0.3) is 6.08 Å². The summed E-state index contributed by atoms with van der Waals surface area (Å²) in [5, 5.41) is 3.90. The quantitative estimate of drug-likeness (QED) is 0.196.